The van der Waals surface area contributed by atoms with Crippen molar-refractivity contribution in [2.75, 3.05) is 6.26 Å². The van der Waals surface area contributed by atoms with Gasteiger partial charge in [-0.3, -0.25) is 0 Å². The average Bonchev–Trinajstić information content (AvgIpc) is 2.63. The Morgan fingerprint density at radius 3 is 2.37 bits per heavy atom. The highest BCUT2D eigenvalue weighted by Gasteiger charge is 2.39. The molecular formula is C12H14N2O4S. The Balaban J connectivity index is 2.35. The second-order valence-corrected chi connectivity index (χ2v) is 5.24. The Morgan fingerprint density at radius 2 is 1.89 bits per heavy atom. The second-order valence-electron chi connectivity index (χ2n) is 4.47. The number of carbonyl (C=O) groups is 2. The number of thioether (sulfide) groups is 1. The van der Waals surface area contributed by atoms with E-state index in [1.807, 2.05) is 6.26 Å². The van der Waals surface area contributed by atoms with E-state index in [0.29, 0.717) is 5.69 Å². The van der Waals surface area contributed by atoms with E-state index in [4.69, 9.17) is 9.47 Å². The predicted molar refractivity (Wildman–Crippen MR) is 69.2 cm³/mol. The Morgan fingerprint density at radius 1 is 1.32 bits per heavy atom. The molecule has 1 fully saturated rings. The summed E-state index contributed by atoms with van der Waals surface area (Å²) in [6, 6.07) is 0. The summed E-state index contributed by atoms with van der Waals surface area (Å²) in [6.45, 7) is 3.02. The van der Waals surface area contributed by atoms with Crippen molar-refractivity contribution < 1.29 is 19.1 Å². The molecule has 0 bridgehead atoms. The van der Waals surface area contributed by atoms with Gasteiger partial charge in [-0.1, -0.05) is 11.8 Å². The molecule has 0 aliphatic carbocycles. The van der Waals surface area contributed by atoms with Gasteiger partial charge in [0.15, 0.2) is 5.16 Å². The lowest BCUT2D eigenvalue weighted by molar-refractivity contribution is -0.222. The van der Waals surface area contributed by atoms with Crippen LogP contribution in [-0.4, -0.2) is 33.5 Å². The summed E-state index contributed by atoms with van der Waals surface area (Å²) >= 11 is 1.47. The largest absolute Gasteiger partial charge is 0.419 e. The Bertz CT molecular complexity index is 552. The van der Waals surface area contributed by atoms with E-state index in [-0.39, 0.29) is 5.57 Å². The summed E-state index contributed by atoms with van der Waals surface area (Å²) in [7, 11) is 1.80. The van der Waals surface area contributed by atoms with E-state index in [2.05, 4.69) is 4.98 Å². The number of hydrogen-bond acceptors (Lipinski definition) is 6. The third kappa shape index (κ3) is 2.65. The summed E-state index contributed by atoms with van der Waals surface area (Å²) in [4.78, 5) is 27.7. The minimum atomic E-state index is -1.22. The first-order valence-corrected chi connectivity index (χ1v) is 6.80. The minimum absolute atomic E-state index is 0.130. The van der Waals surface area contributed by atoms with Gasteiger partial charge in [-0.05, 0) is 12.3 Å². The smallest absolute Gasteiger partial charge is 0.348 e. The lowest BCUT2D eigenvalue weighted by atomic mass is 10.2. The molecule has 0 radical (unpaired) electrons. The van der Waals surface area contributed by atoms with Gasteiger partial charge in [-0.25, -0.2) is 14.6 Å². The highest BCUT2D eigenvalue weighted by atomic mass is 32.2. The van der Waals surface area contributed by atoms with Crippen molar-refractivity contribution in [3.05, 3.63) is 17.5 Å². The first-order chi connectivity index (χ1) is 8.84. The molecule has 6 nitrogen and oxygen atoms in total. The number of aromatic nitrogens is 2. The molecule has 1 aromatic heterocycles. The number of rotatable bonds is 2. The topological polar surface area (TPSA) is 70.4 Å². The number of cyclic esters (lactones) is 2. The maximum atomic E-state index is 11.8. The summed E-state index contributed by atoms with van der Waals surface area (Å²) < 4.78 is 11.8. The van der Waals surface area contributed by atoms with E-state index < -0.39 is 17.7 Å². The van der Waals surface area contributed by atoms with Gasteiger partial charge >= 0.3 is 11.9 Å². The Kier molecular flexibility index (Phi) is 3.40. The van der Waals surface area contributed by atoms with Gasteiger partial charge in [0.1, 0.15) is 5.57 Å². The summed E-state index contributed by atoms with van der Waals surface area (Å²) in [5.41, 5.74) is 0.503. The van der Waals surface area contributed by atoms with E-state index >= 15 is 0 Å². The fourth-order valence-corrected chi connectivity index (χ4v) is 2.19. The van der Waals surface area contributed by atoms with Crippen LogP contribution in [-0.2, 0) is 26.1 Å². The molecule has 0 aromatic carbocycles. The molecule has 0 saturated carbocycles. The molecule has 1 aromatic rings. The van der Waals surface area contributed by atoms with Crippen molar-refractivity contribution in [1.82, 2.24) is 9.55 Å². The maximum absolute atomic E-state index is 11.8. The average molecular weight is 282 g/mol. The minimum Gasteiger partial charge on any atom is -0.419 e. The molecule has 0 unspecified atom stereocenters. The first kappa shape index (κ1) is 13.7. The van der Waals surface area contributed by atoms with Crippen LogP contribution in [0.2, 0.25) is 0 Å². The molecule has 0 atom stereocenters. The van der Waals surface area contributed by atoms with Crippen molar-refractivity contribution in [2.24, 2.45) is 7.05 Å². The highest BCUT2D eigenvalue weighted by molar-refractivity contribution is 7.98. The number of hydrogen-bond donors (Lipinski definition) is 0. The van der Waals surface area contributed by atoms with Crippen LogP contribution in [0.25, 0.3) is 6.08 Å². The van der Waals surface area contributed by atoms with E-state index in [1.165, 1.54) is 31.7 Å². The lowest BCUT2D eigenvalue weighted by Crippen LogP contribution is -2.41. The molecular weight excluding hydrogens is 268 g/mol. The Labute approximate surface area is 114 Å². The first-order valence-electron chi connectivity index (χ1n) is 5.58. The van der Waals surface area contributed by atoms with Crippen LogP contribution in [0.1, 0.15) is 19.5 Å². The van der Waals surface area contributed by atoms with Crippen molar-refractivity contribution in [3.63, 3.8) is 0 Å². The SMILES string of the molecule is CSc1ncc(C=C2C(=O)OC(C)(C)OC2=O)n1C. The Hall–Kier alpha value is -1.76. The molecule has 1 aliphatic rings. The molecule has 0 spiro atoms. The van der Waals surface area contributed by atoms with Crippen molar-refractivity contribution in [1.29, 1.82) is 0 Å². The molecule has 0 N–H and O–H groups in total. The van der Waals surface area contributed by atoms with Crippen LogP contribution in [0.3, 0.4) is 0 Å². The van der Waals surface area contributed by atoms with Crippen LogP contribution < -0.4 is 0 Å². The number of carbonyl (C=O) groups excluding carboxylic acids is 2. The third-order valence-corrected chi connectivity index (χ3v) is 3.32. The zero-order valence-electron chi connectivity index (χ0n) is 11.1. The summed E-state index contributed by atoms with van der Waals surface area (Å²) in [6.07, 6.45) is 4.90. The quantitative estimate of drug-likeness (QED) is 0.353. The maximum Gasteiger partial charge on any atom is 0.348 e. The van der Waals surface area contributed by atoms with Gasteiger partial charge in [-0.2, -0.15) is 0 Å². The molecule has 2 rings (SSSR count). The van der Waals surface area contributed by atoms with Gasteiger partial charge in [-0.15, -0.1) is 0 Å². The van der Waals surface area contributed by atoms with Crippen LogP contribution in [0.15, 0.2) is 16.9 Å². The number of imidazole rings is 1. The third-order valence-electron chi connectivity index (χ3n) is 2.57. The van der Waals surface area contributed by atoms with Gasteiger partial charge in [0.2, 0.25) is 0 Å². The van der Waals surface area contributed by atoms with Gasteiger partial charge in [0.05, 0.1) is 11.9 Å². The predicted octanol–water partition coefficient (Wildman–Crippen LogP) is 1.36. The van der Waals surface area contributed by atoms with Crippen LogP contribution in [0.5, 0.6) is 0 Å². The number of nitrogens with zero attached hydrogens (tertiary/aromatic N) is 2. The molecule has 19 heavy (non-hydrogen) atoms. The normalized spacial score (nSPS) is 18.0. The fraction of sp³-hybridized carbons (Fsp3) is 0.417. The lowest BCUT2D eigenvalue weighted by Gasteiger charge is -2.29. The fourth-order valence-electron chi connectivity index (χ4n) is 1.66. The molecule has 1 saturated heterocycles. The van der Waals surface area contributed by atoms with Crippen LogP contribution in [0.4, 0.5) is 0 Å². The van der Waals surface area contributed by atoms with Crippen molar-refractivity contribution in [2.45, 2.75) is 24.8 Å². The van der Waals surface area contributed by atoms with Crippen molar-refractivity contribution >= 4 is 29.8 Å². The standard InChI is InChI=1S/C12H14N2O4S/c1-12(2)17-9(15)8(10(16)18-12)5-7-6-13-11(19-4)14(7)3/h5-6H,1-4H3. The zero-order chi connectivity index (χ0) is 14.2. The molecule has 2 heterocycles. The molecule has 0 amide bonds. The van der Waals surface area contributed by atoms with E-state index in [9.17, 15) is 9.59 Å². The van der Waals surface area contributed by atoms with E-state index in [1.54, 1.807) is 17.8 Å². The monoisotopic (exact) mass is 282 g/mol. The van der Waals surface area contributed by atoms with Gasteiger partial charge < -0.3 is 14.0 Å². The van der Waals surface area contributed by atoms with Crippen molar-refractivity contribution in [3.8, 4) is 0 Å². The zero-order valence-corrected chi connectivity index (χ0v) is 11.9. The highest BCUT2D eigenvalue weighted by Crippen LogP contribution is 2.24. The van der Waals surface area contributed by atoms with Crippen LogP contribution in [0, 0.1) is 0 Å². The molecule has 1 aliphatic heterocycles. The molecule has 7 heteroatoms. The van der Waals surface area contributed by atoms with Crippen LogP contribution >= 0.6 is 11.8 Å². The number of esters is 2. The molecule has 102 valence electrons. The second kappa shape index (κ2) is 4.73. The van der Waals surface area contributed by atoms with E-state index in [0.717, 1.165) is 5.16 Å². The van der Waals surface area contributed by atoms with Gasteiger partial charge in [0, 0.05) is 20.9 Å². The number of ether oxygens (including phenoxy) is 2. The summed E-state index contributed by atoms with van der Waals surface area (Å²) in [5.74, 6) is -2.59. The summed E-state index contributed by atoms with van der Waals surface area (Å²) in [5, 5.41) is 0.782. The van der Waals surface area contributed by atoms with Gasteiger partial charge in [0.25, 0.3) is 5.79 Å².